The van der Waals surface area contributed by atoms with Crippen molar-refractivity contribution in [3.05, 3.63) is 95.6 Å². The number of nitrogens with zero attached hydrogens (tertiary/aromatic N) is 1. The topological polar surface area (TPSA) is 50.8 Å². The van der Waals surface area contributed by atoms with E-state index in [0.29, 0.717) is 13.1 Å². The molecule has 0 fully saturated rings. The Morgan fingerprint density at radius 2 is 1.37 bits per heavy atom. The Balaban J connectivity index is 1.67. The first-order chi connectivity index (χ1) is 14.6. The van der Waals surface area contributed by atoms with Gasteiger partial charge in [-0.25, -0.2) is 0 Å². The fraction of sp³-hybridized carbons (Fsp3) is 0.240. The zero-order valence-corrected chi connectivity index (χ0v) is 17.7. The average molecular weight is 405 g/mol. The van der Waals surface area contributed by atoms with Crippen LogP contribution in [0.25, 0.3) is 0 Å². The van der Waals surface area contributed by atoms with Gasteiger partial charge >= 0.3 is 0 Å². The largest absolute Gasteiger partial charge is 0.497 e. The maximum atomic E-state index is 12.8. The Bertz CT molecular complexity index is 925. The molecule has 5 heteroatoms. The van der Waals surface area contributed by atoms with Crippen LogP contribution in [0.3, 0.4) is 0 Å². The molecule has 0 spiro atoms. The van der Waals surface area contributed by atoms with Crippen molar-refractivity contribution in [1.82, 2.24) is 10.2 Å². The number of carbonyl (C=O) groups excluding carboxylic acids is 1. The van der Waals surface area contributed by atoms with E-state index in [4.69, 9.17) is 9.47 Å². The van der Waals surface area contributed by atoms with Crippen LogP contribution in [0, 0.1) is 0 Å². The molecule has 0 aliphatic carbocycles. The summed E-state index contributed by atoms with van der Waals surface area (Å²) in [5, 5.41) is 3.18. The highest BCUT2D eigenvalue weighted by Crippen LogP contribution is 2.24. The lowest BCUT2D eigenvalue weighted by Crippen LogP contribution is -2.37. The van der Waals surface area contributed by atoms with Gasteiger partial charge in [0.05, 0.1) is 26.8 Å². The van der Waals surface area contributed by atoms with E-state index in [0.717, 1.165) is 28.2 Å². The molecule has 156 valence electrons. The van der Waals surface area contributed by atoms with Gasteiger partial charge in [0, 0.05) is 6.54 Å². The number of hydrogen-bond donors (Lipinski definition) is 1. The number of methoxy groups -OCH3 is 2. The number of likely N-dealkylation sites (N-methyl/N-ethyl adjacent to an activating group) is 1. The number of carbonyl (C=O) groups is 1. The molecule has 1 atom stereocenters. The van der Waals surface area contributed by atoms with Crippen LogP contribution in [0.5, 0.6) is 11.5 Å². The van der Waals surface area contributed by atoms with Crippen molar-refractivity contribution in [2.24, 2.45) is 0 Å². The normalized spacial score (nSPS) is 11.7. The van der Waals surface area contributed by atoms with Crippen molar-refractivity contribution >= 4 is 5.91 Å². The summed E-state index contributed by atoms with van der Waals surface area (Å²) in [6.07, 6.45) is 0. The zero-order valence-electron chi connectivity index (χ0n) is 17.7. The van der Waals surface area contributed by atoms with E-state index < -0.39 is 0 Å². The van der Waals surface area contributed by atoms with Gasteiger partial charge in [-0.05, 0) is 48.0 Å². The van der Waals surface area contributed by atoms with Gasteiger partial charge in [-0.1, -0.05) is 54.6 Å². The number of nitrogens with one attached hydrogen (secondary N) is 1. The molecule has 1 N–H and O–H groups in total. The van der Waals surface area contributed by atoms with Gasteiger partial charge in [0.25, 0.3) is 0 Å². The number of benzene rings is 3. The Morgan fingerprint density at radius 1 is 0.833 bits per heavy atom. The molecule has 0 saturated heterocycles. The summed E-state index contributed by atoms with van der Waals surface area (Å²) in [6.45, 7) is 0.974. The molecule has 1 amide bonds. The van der Waals surface area contributed by atoms with Gasteiger partial charge < -0.3 is 14.8 Å². The molecule has 30 heavy (non-hydrogen) atoms. The standard InChI is InChI=1S/C25H28N2O3/c1-27(17-19-9-13-22(29-2)14-10-19)18-24(28)26-25(20-7-5-4-6-8-20)21-11-15-23(30-3)16-12-21/h4-16,25H,17-18H2,1-3H3,(H,26,28)/t25-/m0/s1. The highest BCUT2D eigenvalue weighted by molar-refractivity contribution is 5.79. The molecule has 0 radical (unpaired) electrons. The van der Waals surface area contributed by atoms with Crippen molar-refractivity contribution in [1.29, 1.82) is 0 Å². The summed E-state index contributed by atoms with van der Waals surface area (Å²) in [5.41, 5.74) is 3.17. The van der Waals surface area contributed by atoms with Crippen molar-refractivity contribution in [2.45, 2.75) is 12.6 Å². The minimum Gasteiger partial charge on any atom is -0.497 e. The molecule has 0 aliphatic rings. The van der Waals surface area contributed by atoms with Crippen LogP contribution in [-0.4, -0.2) is 38.6 Å². The molecule has 0 unspecified atom stereocenters. The molecule has 0 aliphatic heterocycles. The molecule has 3 rings (SSSR count). The van der Waals surface area contributed by atoms with Gasteiger partial charge in [0.1, 0.15) is 11.5 Å². The SMILES string of the molecule is COc1ccc(CN(C)CC(=O)N[C@@H](c2ccccc2)c2ccc(OC)cc2)cc1. The number of rotatable bonds is 9. The van der Waals surface area contributed by atoms with Gasteiger partial charge in [-0.15, -0.1) is 0 Å². The van der Waals surface area contributed by atoms with Gasteiger partial charge in [0.2, 0.25) is 5.91 Å². The summed E-state index contributed by atoms with van der Waals surface area (Å²) >= 11 is 0. The first kappa shape index (κ1) is 21.4. The van der Waals surface area contributed by atoms with Crippen LogP contribution in [0.15, 0.2) is 78.9 Å². The van der Waals surface area contributed by atoms with Gasteiger partial charge in [-0.3, -0.25) is 9.69 Å². The minimum absolute atomic E-state index is 0.0318. The summed E-state index contributed by atoms with van der Waals surface area (Å²) in [5.74, 6) is 1.58. The molecule has 5 nitrogen and oxygen atoms in total. The lowest BCUT2D eigenvalue weighted by molar-refractivity contribution is -0.122. The summed E-state index contributed by atoms with van der Waals surface area (Å²) in [4.78, 5) is 14.8. The van der Waals surface area contributed by atoms with Gasteiger partial charge in [-0.2, -0.15) is 0 Å². The van der Waals surface area contributed by atoms with Crippen LogP contribution in [-0.2, 0) is 11.3 Å². The zero-order chi connectivity index (χ0) is 21.3. The Hall–Kier alpha value is -3.31. The molecular formula is C25H28N2O3. The van der Waals surface area contributed by atoms with E-state index in [2.05, 4.69) is 5.32 Å². The molecule has 3 aromatic rings. The fourth-order valence-corrected chi connectivity index (χ4v) is 3.35. The average Bonchev–Trinajstić information content (AvgIpc) is 2.78. The molecule has 0 bridgehead atoms. The third-order valence-electron chi connectivity index (χ3n) is 4.91. The summed E-state index contributed by atoms with van der Waals surface area (Å²) in [7, 11) is 5.23. The third-order valence-corrected chi connectivity index (χ3v) is 4.91. The summed E-state index contributed by atoms with van der Waals surface area (Å²) < 4.78 is 10.5. The van der Waals surface area contributed by atoms with E-state index in [9.17, 15) is 4.79 Å². The molecule has 0 heterocycles. The van der Waals surface area contributed by atoms with E-state index in [1.807, 2.05) is 90.8 Å². The first-order valence-electron chi connectivity index (χ1n) is 9.89. The van der Waals surface area contributed by atoms with Crippen LogP contribution < -0.4 is 14.8 Å². The maximum absolute atomic E-state index is 12.8. The number of amides is 1. The van der Waals surface area contributed by atoms with Gasteiger partial charge in [0.15, 0.2) is 0 Å². The monoisotopic (exact) mass is 404 g/mol. The van der Waals surface area contributed by atoms with Crippen molar-refractivity contribution in [2.75, 3.05) is 27.8 Å². The Labute approximate surface area is 178 Å². The molecule has 0 saturated carbocycles. The van der Waals surface area contributed by atoms with E-state index in [1.54, 1.807) is 14.2 Å². The lowest BCUT2D eigenvalue weighted by Gasteiger charge is -2.22. The molecule has 0 aromatic heterocycles. The van der Waals surface area contributed by atoms with E-state index >= 15 is 0 Å². The van der Waals surface area contributed by atoms with Crippen LogP contribution in [0.4, 0.5) is 0 Å². The van der Waals surface area contributed by atoms with Crippen molar-refractivity contribution in [3.8, 4) is 11.5 Å². The Kier molecular flexibility index (Phi) is 7.46. The fourth-order valence-electron chi connectivity index (χ4n) is 3.35. The molecular weight excluding hydrogens is 376 g/mol. The second-order valence-corrected chi connectivity index (χ2v) is 7.20. The van der Waals surface area contributed by atoms with Crippen molar-refractivity contribution < 1.29 is 14.3 Å². The predicted octanol–water partition coefficient (Wildman–Crippen LogP) is 4.04. The van der Waals surface area contributed by atoms with Crippen LogP contribution in [0.1, 0.15) is 22.7 Å². The predicted molar refractivity (Wildman–Crippen MR) is 119 cm³/mol. The van der Waals surface area contributed by atoms with Crippen LogP contribution in [0.2, 0.25) is 0 Å². The number of hydrogen-bond acceptors (Lipinski definition) is 4. The smallest absolute Gasteiger partial charge is 0.234 e. The minimum atomic E-state index is -0.223. The second kappa shape index (κ2) is 10.5. The quantitative estimate of drug-likeness (QED) is 0.585. The maximum Gasteiger partial charge on any atom is 0.234 e. The van der Waals surface area contributed by atoms with E-state index in [1.165, 1.54) is 0 Å². The second-order valence-electron chi connectivity index (χ2n) is 7.20. The van der Waals surface area contributed by atoms with Crippen molar-refractivity contribution in [3.63, 3.8) is 0 Å². The Morgan fingerprint density at radius 3 is 1.93 bits per heavy atom. The summed E-state index contributed by atoms with van der Waals surface area (Å²) in [6, 6.07) is 25.4. The highest BCUT2D eigenvalue weighted by atomic mass is 16.5. The highest BCUT2D eigenvalue weighted by Gasteiger charge is 2.18. The third kappa shape index (κ3) is 5.84. The van der Waals surface area contributed by atoms with E-state index in [-0.39, 0.29) is 11.9 Å². The van der Waals surface area contributed by atoms with Crippen LogP contribution >= 0.6 is 0 Å². The first-order valence-corrected chi connectivity index (χ1v) is 9.89. The lowest BCUT2D eigenvalue weighted by atomic mass is 9.98. The number of ether oxygens (including phenoxy) is 2. The molecule has 3 aromatic carbocycles.